The van der Waals surface area contributed by atoms with Crippen LogP contribution in [0.1, 0.15) is 43.2 Å². The van der Waals surface area contributed by atoms with Gasteiger partial charge in [0, 0.05) is 35.7 Å². The van der Waals surface area contributed by atoms with E-state index in [1.165, 1.54) is 14.2 Å². The number of imidazole rings is 2. The molecule has 4 aromatic heterocycles. The van der Waals surface area contributed by atoms with Crippen molar-refractivity contribution in [1.82, 2.24) is 29.9 Å². The number of hydrogen-bond acceptors (Lipinski definition) is 14. The molecule has 0 aliphatic rings. The maximum absolute atomic E-state index is 12.7. The molecule has 0 fully saturated rings. The minimum atomic E-state index is -1.50. The number of nitrogens with one attached hydrogen (secondary N) is 2. The number of aromatic nitrogens is 6. The summed E-state index contributed by atoms with van der Waals surface area (Å²) in [4.78, 5) is 45.1. The Labute approximate surface area is 358 Å². The van der Waals surface area contributed by atoms with Gasteiger partial charge in [-0.15, -0.1) is 0 Å². The third-order valence-electron chi connectivity index (χ3n) is 7.88. The molecular formula is C34H32N6Na2O10S2. The van der Waals surface area contributed by atoms with Crippen LogP contribution in [0.3, 0.4) is 0 Å². The summed E-state index contributed by atoms with van der Waals surface area (Å²) in [6.45, 7) is 3.32. The van der Waals surface area contributed by atoms with Crippen LogP contribution in [0.25, 0.3) is 22.1 Å². The maximum atomic E-state index is 12.7. The van der Waals surface area contributed by atoms with Gasteiger partial charge in [-0.1, -0.05) is 0 Å². The predicted octanol–water partition coefficient (Wildman–Crippen LogP) is -4.08. The molecule has 0 amide bonds. The van der Waals surface area contributed by atoms with Gasteiger partial charge in [0.25, 0.3) is 0 Å². The summed E-state index contributed by atoms with van der Waals surface area (Å²) in [6.07, 6.45) is 2.30. The van der Waals surface area contributed by atoms with Crippen molar-refractivity contribution in [2.75, 3.05) is 28.4 Å². The minimum absolute atomic E-state index is 0. The molecule has 0 saturated heterocycles. The first kappa shape index (κ1) is 44.5. The van der Waals surface area contributed by atoms with Crippen molar-refractivity contribution in [3.8, 4) is 23.0 Å². The van der Waals surface area contributed by atoms with Crippen LogP contribution in [0, 0.1) is 13.8 Å². The molecule has 2 atom stereocenters. The summed E-state index contributed by atoms with van der Waals surface area (Å²) in [5.74, 6) is -0.994. The van der Waals surface area contributed by atoms with Gasteiger partial charge in [0.05, 0.1) is 118 Å². The second kappa shape index (κ2) is 19.6. The first-order valence-electron chi connectivity index (χ1n) is 15.2. The van der Waals surface area contributed by atoms with Crippen LogP contribution in [0.2, 0.25) is 0 Å². The number of carbonyl (C=O) groups excluding carboxylic acids is 2. The number of methoxy groups -OCH3 is 4. The number of fused-ring (bicyclic) bond motifs is 2. The van der Waals surface area contributed by atoms with Gasteiger partial charge in [0.15, 0.2) is 10.3 Å². The number of hydrogen-bond donors (Lipinski definition) is 2. The average Bonchev–Trinajstić information content (AvgIpc) is 3.77. The van der Waals surface area contributed by atoms with E-state index in [-0.39, 0.29) is 93.2 Å². The molecule has 0 saturated carbocycles. The zero-order chi connectivity index (χ0) is 37.7. The van der Waals surface area contributed by atoms with E-state index in [1.54, 1.807) is 64.5 Å². The average molecular weight is 795 g/mol. The fourth-order valence-corrected chi connectivity index (χ4v) is 7.36. The first-order chi connectivity index (χ1) is 24.9. The van der Waals surface area contributed by atoms with Crippen molar-refractivity contribution in [3.63, 3.8) is 0 Å². The maximum Gasteiger partial charge on any atom is 1.00 e. The van der Waals surface area contributed by atoms with E-state index in [0.29, 0.717) is 66.4 Å². The van der Waals surface area contributed by atoms with E-state index in [9.17, 15) is 28.2 Å². The number of nitrogens with zero attached hydrogens (tertiary/aromatic N) is 4. The summed E-state index contributed by atoms with van der Waals surface area (Å²) in [7, 11) is 2.85. The molecule has 0 spiro atoms. The number of ether oxygens (including phenoxy) is 4. The molecule has 0 radical (unpaired) electrons. The molecule has 2 N–H and O–H groups in total. The van der Waals surface area contributed by atoms with Crippen LogP contribution in [-0.2, 0) is 33.1 Å². The third kappa shape index (κ3) is 9.86. The summed E-state index contributed by atoms with van der Waals surface area (Å²) >= 11 is 0. The summed E-state index contributed by atoms with van der Waals surface area (Å²) < 4.78 is 46.0. The molecule has 272 valence electrons. The van der Waals surface area contributed by atoms with Crippen molar-refractivity contribution in [2.24, 2.45) is 0 Å². The summed E-state index contributed by atoms with van der Waals surface area (Å²) in [5, 5.41) is 22.9. The first-order valence-corrected chi connectivity index (χ1v) is 17.8. The zero-order valence-electron chi connectivity index (χ0n) is 30.7. The standard InChI is InChI=1S/2C17H17N3O5S.2Na/c2*1-9-14(18-7-11(16(21)22)15(9)25-3)8-26(23)17-19-12-5-4-10(24-2)6-13(12)20-17;;/h2*4-7H,8H2,1-3H3,(H,19,20)(H,21,22);;/q;;2*+1/p-2. The Morgan fingerprint density at radius 1 is 0.648 bits per heavy atom. The largest absolute Gasteiger partial charge is 1.00 e. The van der Waals surface area contributed by atoms with Crippen molar-refractivity contribution >= 4 is 55.6 Å². The van der Waals surface area contributed by atoms with Gasteiger partial charge in [-0.3, -0.25) is 18.4 Å². The topological polar surface area (TPSA) is 234 Å². The van der Waals surface area contributed by atoms with Crippen LogP contribution in [0.5, 0.6) is 23.0 Å². The second-order valence-corrected chi connectivity index (χ2v) is 13.7. The van der Waals surface area contributed by atoms with Crippen molar-refractivity contribution in [1.29, 1.82) is 0 Å². The minimum Gasteiger partial charge on any atom is -0.545 e. The number of H-pyrrole nitrogens is 2. The van der Waals surface area contributed by atoms with Gasteiger partial charge in [0.2, 0.25) is 0 Å². The monoisotopic (exact) mass is 794 g/mol. The van der Waals surface area contributed by atoms with Crippen LogP contribution in [0.15, 0.2) is 59.1 Å². The van der Waals surface area contributed by atoms with Gasteiger partial charge in [-0.05, 0) is 38.1 Å². The molecule has 54 heavy (non-hydrogen) atoms. The predicted molar refractivity (Wildman–Crippen MR) is 185 cm³/mol. The third-order valence-corrected chi connectivity index (χ3v) is 10.2. The molecule has 4 heterocycles. The smallest absolute Gasteiger partial charge is 0.545 e. The quantitative estimate of drug-likeness (QED) is 0.112. The Morgan fingerprint density at radius 3 is 1.33 bits per heavy atom. The SMILES string of the molecule is COc1ccc2nc(S(=O)Cc3ncc(C(=O)[O-])c(OC)c3C)[nH]c2c1.COc1ccc2nc(S(=O)Cc3ncc(C(=O)[O-])c(OC)c3C)[nH]c2c1.[Na+].[Na+]. The fourth-order valence-electron chi connectivity index (χ4n) is 5.16. The molecule has 2 unspecified atom stereocenters. The van der Waals surface area contributed by atoms with E-state index in [4.69, 9.17) is 18.9 Å². The zero-order valence-corrected chi connectivity index (χ0v) is 36.4. The van der Waals surface area contributed by atoms with Gasteiger partial charge in [-0.2, -0.15) is 0 Å². The number of aromatic amines is 2. The number of aromatic carboxylic acids is 2. The van der Waals surface area contributed by atoms with Crippen molar-refractivity contribution < 1.29 is 106 Å². The van der Waals surface area contributed by atoms with Gasteiger partial charge in [-0.25, -0.2) is 9.97 Å². The molecular weight excluding hydrogens is 763 g/mol. The Morgan fingerprint density at radius 2 is 1.02 bits per heavy atom. The fraction of sp³-hybridized carbons (Fsp3) is 0.235. The Kier molecular flexibility index (Phi) is 16.2. The normalized spacial score (nSPS) is 11.7. The number of benzene rings is 2. The Balaban J connectivity index is 0.000000280. The van der Waals surface area contributed by atoms with Crippen LogP contribution in [-0.4, -0.2) is 78.7 Å². The number of pyridine rings is 2. The molecule has 0 aliphatic carbocycles. The Bertz CT molecular complexity index is 2210. The summed E-state index contributed by atoms with van der Waals surface area (Å²) in [6, 6.07) is 10.6. The molecule has 0 bridgehead atoms. The van der Waals surface area contributed by atoms with Crippen LogP contribution in [0.4, 0.5) is 0 Å². The number of carboxylic acids is 2. The number of carboxylic acid groups (broad SMARTS) is 2. The van der Waals surface area contributed by atoms with Gasteiger partial charge < -0.3 is 48.7 Å². The van der Waals surface area contributed by atoms with E-state index in [1.807, 2.05) is 0 Å². The van der Waals surface area contributed by atoms with E-state index < -0.39 is 33.5 Å². The molecule has 6 aromatic rings. The molecule has 16 nitrogen and oxygen atoms in total. The van der Waals surface area contributed by atoms with E-state index in [0.717, 1.165) is 12.4 Å². The number of rotatable bonds is 12. The van der Waals surface area contributed by atoms with E-state index in [2.05, 4.69) is 29.9 Å². The van der Waals surface area contributed by atoms with Gasteiger partial charge in [0.1, 0.15) is 23.0 Å². The second-order valence-electron chi connectivity index (χ2n) is 11.0. The van der Waals surface area contributed by atoms with E-state index >= 15 is 0 Å². The van der Waals surface area contributed by atoms with Crippen molar-refractivity contribution in [3.05, 3.63) is 82.4 Å². The Hall–Kier alpha value is -3.88. The molecule has 0 aliphatic heterocycles. The molecule has 20 heteroatoms. The summed E-state index contributed by atoms with van der Waals surface area (Å²) in [5.41, 5.74) is 4.40. The van der Waals surface area contributed by atoms with Gasteiger partial charge >= 0.3 is 59.1 Å². The molecule has 6 rings (SSSR count). The van der Waals surface area contributed by atoms with Crippen LogP contribution >= 0.6 is 0 Å². The number of carbonyl (C=O) groups is 2. The van der Waals surface area contributed by atoms with Crippen LogP contribution < -0.4 is 88.3 Å². The molecule has 2 aromatic carbocycles. The van der Waals surface area contributed by atoms with Crippen molar-refractivity contribution in [2.45, 2.75) is 35.7 Å².